The number of nitrogens with one attached hydrogen (secondary N) is 1. The van der Waals surface area contributed by atoms with Crippen molar-refractivity contribution in [3.63, 3.8) is 0 Å². The highest BCUT2D eigenvalue weighted by molar-refractivity contribution is 5.76. The third kappa shape index (κ3) is 4.12. The summed E-state index contributed by atoms with van der Waals surface area (Å²) in [6, 6.07) is 10.1. The molecule has 0 fully saturated rings. The molecular formula is C18H23N3O2. The molecule has 5 heteroatoms. The smallest absolute Gasteiger partial charge is 0.220 e. The highest BCUT2D eigenvalue weighted by atomic mass is 16.5. The van der Waals surface area contributed by atoms with Crippen LogP contribution in [0.25, 0.3) is 0 Å². The minimum Gasteiger partial charge on any atom is -0.493 e. The van der Waals surface area contributed by atoms with Crippen LogP contribution in [0.3, 0.4) is 0 Å². The monoisotopic (exact) mass is 313 g/mol. The van der Waals surface area contributed by atoms with Crippen LogP contribution in [-0.2, 0) is 24.7 Å². The number of nitrogens with zero attached hydrogens (tertiary/aromatic N) is 2. The number of aromatic nitrogens is 2. The van der Waals surface area contributed by atoms with Crippen LogP contribution < -0.4 is 10.1 Å². The fraction of sp³-hybridized carbons (Fsp3) is 0.444. The number of benzene rings is 1. The molecule has 2 heterocycles. The Labute approximate surface area is 136 Å². The van der Waals surface area contributed by atoms with Crippen molar-refractivity contribution in [1.29, 1.82) is 0 Å². The zero-order valence-electron chi connectivity index (χ0n) is 13.5. The summed E-state index contributed by atoms with van der Waals surface area (Å²) in [6.45, 7) is 1.43. The van der Waals surface area contributed by atoms with Gasteiger partial charge in [0.05, 0.1) is 6.61 Å². The molecule has 1 atom stereocenters. The standard InChI is InChI=1S/C18H23N3O2/c1-21-16(8-10-20-21)6-7-18(22)19-13-14-9-11-23-17-5-3-2-4-15(17)12-14/h2-5,8,10,14H,6-7,9,11-13H2,1H3,(H,19,22). The average Bonchev–Trinajstić information content (AvgIpc) is 2.85. The Morgan fingerprint density at radius 2 is 2.26 bits per heavy atom. The highest BCUT2D eigenvalue weighted by Crippen LogP contribution is 2.26. The molecule has 1 aromatic heterocycles. The molecule has 3 rings (SSSR count). The van der Waals surface area contributed by atoms with Crippen molar-refractivity contribution in [3.05, 3.63) is 47.8 Å². The molecule has 1 unspecified atom stereocenters. The van der Waals surface area contributed by atoms with Crippen molar-refractivity contribution in [2.24, 2.45) is 13.0 Å². The summed E-state index contributed by atoms with van der Waals surface area (Å²) in [4.78, 5) is 12.1. The SMILES string of the molecule is Cn1nccc1CCC(=O)NCC1CCOc2ccccc2C1. The number of rotatable bonds is 5. The Morgan fingerprint density at radius 3 is 3.09 bits per heavy atom. The van der Waals surface area contributed by atoms with Gasteiger partial charge in [-0.05, 0) is 42.9 Å². The number of carbonyl (C=O) groups excluding carboxylic acids is 1. The van der Waals surface area contributed by atoms with Gasteiger partial charge in [0.1, 0.15) is 5.75 Å². The second kappa shape index (κ2) is 7.31. The number of aryl methyl sites for hydroxylation is 2. The summed E-state index contributed by atoms with van der Waals surface area (Å²) in [5, 5.41) is 7.19. The summed E-state index contributed by atoms with van der Waals surface area (Å²) >= 11 is 0. The predicted molar refractivity (Wildman–Crippen MR) is 88.3 cm³/mol. The first-order valence-corrected chi connectivity index (χ1v) is 8.16. The van der Waals surface area contributed by atoms with Gasteiger partial charge in [-0.15, -0.1) is 0 Å². The van der Waals surface area contributed by atoms with E-state index in [2.05, 4.69) is 16.5 Å². The van der Waals surface area contributed by atoms with E-state index in [9.17, 15) is 4.79 Å². The first kappa shape index (κ1) is 15.6. The van der Waals surface area contributed by atoms with Crippen molar-refractivity contribution in [2.45, 2.75) is 25.7 Å². The molecule has 1 amide bonds. The molecule has 0 radical (unpaired) electrons. The van der Waals surface area contributed by atoms with Crippen LogP contribution in [0.15, 0.2) is 36.5 Å². The topological polar surface area (TPSA) is 56.2 Å². The molecule has 1 aliphatic rings. The Morgan fingerprint density at radius 1 is 1.39 bits per heavy atom. The van der Waals surface area contributed by atoms with Crippen LogP contribution in [0.1, 0.15) is 24.1 Å². The third-order valence-electron chi connectivity index (χ3n) is 4.38. The van der Waals surface area contributed by atoms with E-state index < -0.39 is 0 Å². The van der Waals surface area contributed by atoms with Crippen LogP contribution in [0.5, 0.6) is 5.75 Å². The molecule has 0 bridgehead atoms. The van der Waals surface area contributed by atoms with E-state index >= 15 is 0 Å². The minimum atomic E-state index is 0.102. The maximum atomic E-state index is 12.1. The van der Waals surface area contributed by atoms with Crippen molar-refractivity contribution in [1.82, 2.24) is 15.1 Å². The molecule has 1 aliphatic heterocycles. The first-order valence-electron chi connectivity index (χ1n) is 8.16. The molecule has 0 spiro atoms. The van der Waals surface area contributed by atoms with E-state index in [4.69, 9.17) is 4.74 Å². The zero-order chi connectivity index (χ0) is 16.1. The third-order valence-corrected chi connectivity index (χ3v) is 4.38. The Bertz CT molecular complexity index is 666. The van der Waals surface area contributed by atoms with Gasteiger partial charge in [0.25, 0.3) is 0 Å². The lowest BCUT2D eigenvalue weighted by atomic mass is 9.97. The molecule has 23 heavy (non-hydrogen) atoms. The lowest BCUT2D eigenvalue weighted by Crippen LogP contribution is -2.30. The fourth-order valence-electron chi connectivity index (χ4n) is 2.97. The van der Waals surface area contributed by atoms with E-state index in [0.717, 1.165) is 30.7 Å². The van der Waals surface area contributed by atoms with Crippen LogP contribution in [0.4, 0.5) is 0 Å². The average molecular weight is 313 g/mol. The maximum Gasteiger partial charge on any atom is 0.220 e. The molecule has 0 saturated heterocycles. The Hall–Kier alpha value is -2.30. The Balaban J connectivity index is 1.46. The molecule has 5 nitrogen and oxygen atoms in total. The van der Waals surface area contributed by atoms with Gasteiger partial charge in [-0.1, -0.05) is 18.2 Å². The highest BCUT2D eigenvalue weighted by Gasteiger charge is 2.18. The number of fused-ring (bicyclic) bond motifs is 1. The van der Waals surface area contributed by atoms with Crippen molar-refractivity contribution in [3.8, 4) is 5.75 Å². The minimum absolute atomic E-state index is 0.102. The van der Waals surface area contributed by atoms with E-state index in [-0.39, 0.29) is 5.91 Å². The number of hydrogen-bond donors (Lipinski definition) is 1. The second-order valence-electron chi connectivity index (χ2n) is 6.07. The largest absolute Gasteiger partial charge is 0.493 e. The van der Waals surface area contributed by atoms with Crippen molar-refractivity contribution >= 4 is 5.91 Å². The zero-order valence-corrected chi connectivity index (χ0v) is 13.5. The predicted octanol–water partition coefficient (Wildman–Crippen LogP) is 2.11. The second-order valence-corrected chi connectivity index (χ2v) is 6.07. The van der Waals surface area contributed by atoms with E-state index in [1.165, 1.54) is 5.56 Å². The van der Waals surface area contributed by atoms with Crippen molar-refractivity contribution < 1.29 is 9.53 Å². The van der Waals surface area contributed by atoms with Gasteiger partial charge in [0, 0.05) is 31.9 Å². The van der Waals surface area contributed by atoms with Crippen LogP contribution in [0.2, 0.25) is 0 Å². The lowest BCUT2D eigenvalue weighted by Gasteiger charge is -2.14. The van der Waals surface area contributed by atoms with E-state index in [0.29, 0.717) is 25.5 Å². The summed E-state index contributed by atoms with van der Waals surface area (Å²) in [5.74, 6) is 1.52. The summed E-state index contributed by atoms with van der Waals surface area (Å²) in [7, 11) is 1.90. The van der Waals surface area contributed by atoms with Crippen molar-refractivity contribution in [2.75, 3.05) is 13.2 Å². The summed E-state index contributed by atoms with van der Waals surface area (Å²) in [5.41, 5.74) is 2.32. The van der Waals surface area contributed by atoms with Crippen LogP contribution in [0, 0.1) is 5.92 Å². The number of carbonyl (C=O) groups is 1. The van der Waals surface area contributed by atoms with Gasteiger partial charge in [-0.25, -0.2) is 0 Å². The van der Waals surface area contributed by atoms with Gasteiger partial charge in [-0.2, -0.15) is 5.10 Å². The van der Waals surface area contributed by atoms with E-state index in [1.807, 2.05) is 36.0 Å². The molecule has 1 aromatic carbocycles. The number of para-hydroxylation sites is 1. The van der Waals surface area contributed by atoms with Gasteiger partial charge >= 0.3 is 0 Å². The molecular weight excluding hydrogens is 290 g/mol. The molecule has 0 saturated carbocycles. The lowest BCUT2D eigenvalue weighted by molar-refractivity contribution is -0.121. The maximum absolute atomic E-state index is 12.1. The number of amides is 1. The number of hydrogen-bond acceptors (Lipinski definition) is 3. The summed E-state index contributed by atoms with van der Waals surface area (Å²) in [6.07, 6.45) is 4.91. The van der Waals surface area contributed by atoms with E-state index in [1.54, 1.807) is 6.20 Å². The summed E-state index contributed by atoms with van der Waals surface area (Å²) < 4.78 is 7.59. The molecule has 122 valence electrons. The van der Waals surface area contributed by atoms with Gasteiger partial charge in [0.15, 0.2) is 0 Å². The van der Waals surface area contributed by atoms with Gasteiger partial charge in [0.2, 0.25) is 5.91 Å². The fourth-order valence-corrected chi connectivity index (χ4v) is 2.97. The molecule has 1 N–H and O–H groups in total. The molecule has 0 aliphatic carbocycles. The van der Waals surface area contributed by atoms with Crippen LogP contribution >= 0.6 is 0 Å². The van der Waals surface area contributed by atoms with Gasteiger partial charge < -0.3 is 10.1 Å². The normalized spacial score (nSPS) is 17.0. The van der Waals surface area contributed by atoms with Gasteiger partial charge in [-0.3, -0.25) is 9.48 Å². The molecule has 2 aromatic rings. The first-order chi connectivity index (χ1) is 11.2. The number of ether oxygens (including phenoxy) is 1. The quantitative estimate of drug-likeness (QED) is 0.920. The van der Waals surface area contributed by atoms with Crippen LogP contribution in [-0.4, -0.2) is 28.8 Å². The Kier molecular flexibility index (Phi) is 4.95.